The summed E-state index contributed by atoms with van der Waals surface area (Å²) in [7, 11) is 1.58. The maximum atomic E-state index is 8.55. The van der Waals surface area contributed by atoms with Crippen LogP contribution in [0.25, 0.3) is 0 Å². The molecule has 0 amide bonds. The van der Waals surface area contributed by atoms with Crippen molar-refractivity contribution in [2.45, 2.75) is 16.8 Å². The Kier molecular flexibility index (Phi) is 4.83. The van der Waals surface area contributed by atoms with Crippen molar-refractivity contribution in [3.8, 4) is 0 Å². The molecule has 0 rings (SSSR count). The Balaban J connectivity index is 3.10. The van der Waals surface area contributed by atoms with Gasteiger partial charge in [0.05, 0.1) is 0 Å². The molecule has 0 aliphatic heterocycles. The van der Waals surface area contributed by atoms with Crippen LogP contribution in [-0.2, 0) is 4.74 Å². The highest BCUT2D eigenvalue weighted by Gasteiger charge is 2.04. The van der Waals surface area contributed by atoms with Gasteiger partial charge in [-0.25, -0.2) is 0 Å². The summed E-state index contributed by atoms with van der Waals surface area (Å²) in [5, 5.41) is 8.55. The molecule has 0 spiro atoms. The second-order valence-corrected chi connectivity index (χ2v) is 2.84. The number of methoxy groups -OCH3 is 1. The van der Waals surface area contributed by atoms with Crippen LogP contribution >= 0.6 is 22.6 Å². The zero-order valence-electron chi connectivity index (χ0n) is 4.67. The van der Waals surface area contributed by atoms with Crippen LogP contribution < -0.4 is 5.73 Å². The molecule has 8 heavy (non-hydrogen) atoms. The molecule has 2 unspecified atom stereocenters. The molecular weight excluding hydrogens is 221 g/mol. The zero-order chi connectivity index (χ0) is 6.57. The van der Waals surface area contributed by atoms with Crippen molar-refractivity contribution in [3.63, 3.8) is 0 Å². The van der Waals surface area contributed by atoms with Crippen LogP contribution in [0.1, 0.15) is 6.42 Å². The Morgan fingerprint density at radius 2 is 2.38 bits per heavy atom. The van der Waals surface area contributed by atoms with Gasteiger partial charge in [0.25, 0.3) is 0 Å². The molecule has 2 atom stereocenters. The van der Waals surface area contributed by atoms with Crippen molar-refractivity contribution < 1.29 is 9.84 Å². The van der Waals surface area contributed by atoms with E-state index in [1.54, 1.807) is 7.11 Å². The maximum absolute atomic E-state index is 8.55. The monoisotopic (exact) mass is 231 g/mol. The summed E-state index contributed by atoms with van der Waals surface area (Å²) in [5.74, 6) is 0. The molecule has 0 radical (unpaired) electrons. The van der Waals surface area contributed by atoms with Crippen molar-refractivity contribution in [2.75, 3.05) is 7.11 Å². The fourth-order valence-corrected chi connectivity index (χ4v) is 0.807. The van der Waals surface area contributed by atoms with Crippen LogP contribution in [0.3, 0.4) is 0 Å². The fourth-order valence-electron chi connectivity index (χ4n) is 0.286. The lowest BCUT2D eigenvalue weighted by Gasteiger charge is -2.08. The first-order valence-corrected chi connectivity index (χ1v) is 3.52. The molecule has 0 saturated carbocycles. The third-order valence-corrected chi connectivity index (χ3v) is 1.70. The van der Waals surface area contributed by atoms with Gasteiger partial charge in [0.1, 0.15) is 10.3 Å². The van der Waals surface area contributed by atoms with Crippen molar-refractivity contribution in [2.24, 2.45) is 5.73 Å². The van der Waals surface area contributed by atoms with Gasteiger partial charge in [-0.05, 0) is 0 Å². The average Bonchev–Trinajstić information content (AvgIpc) is 1.65. The van der Waals surface area contributed by atoms with E-state index in [1.807, 2.05) is 0 Å². The fraction of sp³-hybridized carbons (Fsp3) is 1.00. The number of hydrogen-bond donors (Lipinski definition) is 2. The molecule has 3 N–H and O–H groups in total. The Labute approximate surface area is 62.3 Å². The number of alkyl halides is 1. The van der Waals surface area contributed by atoms with Crippen LogP contribution in [0.2, 0.25) is 0 Å². The van der Waals surface area contributed by atoms with E-state index in [4.69, 9.17) is 15.6 Å². The number of rotatable bonds is 3. The summed E-state index contributed by atoms with van der Waals surface area (Å²) in [4.78, 5) is 0. The summed E-state index contributed by atoms with van der Waals surface area (Å²) in [6.45, 7) is 0. The molecule has 0 aliphatic carbocycles. The standard InChI is InChI=1S/C4H10INO2/c1-8-3(5)2-4(6)7/h3-4,7H,2,6H2,1H3. The Hall–Kier alpha value is 0.610. The molecule has 0 fully saturated rings. The largest absolute Gasteiger partial charge is 0.379 e. The molecule has 3 nitrogen and oxygen atoms in total. The van der Waals surface area contributed by atoms with E-state index in [0.29, 0.717) is 6.42 Å². The third kappa shape index (κ3) is 4.76. The summed E-state index contributed by atoms with van der Waals surface area (Å²) in [6.07, 6.45) is -0.270. The van der Waals surface area contributed by atoms with E-state index >= 15 is 0 Å². The molecule has 0 bridgehead atoms. The average molecular weight is 231 g/mol. The second kappa shape index (κ2) is 4.49. The summed E-state index contributed by atoms with van der Waals surface area (Å²) < 4.78 is 4.83. The minimum Gasteiger partial charge on any atom is -0.379 e. The summed E-state index contributed by atoms with van der Waals surface area (Å²) >= 11 is 2.06. The van der Waals surface area contributed by atoms with Crippen LogP contribution in [0, 0.1) is 0 Å². The summed E-state index contributed by atoms with van der Waals surface area (Å²) in [5.41, 5.74) is 5.04. The van der Waals surface area contributed by atoms with Crippen molar-refractivity contribution in [1.82, 2.24) is 0 Å². The van der Waals surface area contributed by atoms with E-state index < -0.39 is 6.23 Å². The van der Waals surface area contributed by atoms with Crippen LogP contribution in [0.15, 0.2) is 0 Å². The van der Waals surface area contributed by atoms with Gasteiger partial charge in [-0.2, -0.15) is 0 Å². The lowest BCUT2D eigenvalue weighted by Crippen LogP contribution is -2.23. The third-order valence-electron chi connectivity index (χ3n) is 0.683. The van der Waals surface area contributed by atoms with Crippen molar-refractivity contribution >= 4 is 22.6 Å². The highest BCUT2D eigenvalue weighted by atomic mass is 127. The maximum Gasteiger partial charge on any atom is 0.112 e. The van der Waals surface area contributed by atoms with Gasteiger partial charge in [-0.15, -0.1) is 0 Å². The SMILES string of the molecule is COC(I)CC(N)O. The molecule has 0 aromatic rings. The molecule has 0 aliphatic rings. The Bertz CT molecular complexity index is 60.0. The molecule has 0 heterocycles. The highest BCUT2D eigenvalue weighted by molar-refractivity contribution is 14.1. The lowest BCUT2D eigenvalue weighted by atomic mass is 10.4. The van der Waals surface area contributed by atoms with Gasteiger partial charge in [0, 0.05) is 13.5 Å². The van der Waals surface area contributed by atoms with E-state index in [1.165, 1.54) is 0 Å². The number of aliphatic hydroxyl groups is 1. The lowest BCUT2D eigenvalue weighted by molar-refractivity contribution is 0.104. The Morgan fingerprint density at radius 1 is 1.88 bits per heavy atom. The van der Waals surface area contributed by atoms with Gasteiger partial charge in [0.2, 0.25) is 0 Å². The second-order valence-electron chi connectivity index (χ2n) is 1.45. The topological polar surface area (TPSA) is 55.5 Å². The molecule has 0 saturated heterocycles. The first kappa shape index (κ1) is 8.61. The van der Waals surface area contributed by atoms with Gasteiger partial charge in [-0.1, -0.05) is 22.6 Å². The number of hydrogen-bond acceptors (Lipinski definition) is 3. The van der Waals surface area contributed by atoms with Gasteiger partial charge in [0.15, 0.2) is 0 Å². The minimum atomic E-state index is -0.753. The zero-order valence-corrected chi connectivity index (χ0v) is 6.83. The Morgan fingerprint density at radius 3 is 2.50 bits per heavy atom. The predicted molar refractivity (Wildman–Crippen MR) is 39.6 cm³/mol. The number of ether oxygens (including phenoxy) is 1. The van der Waals surface area contributed by atoms with E-state index in [2.05, 4.69) is 22.6 Å². The van der Waals surface area contributed by atoms with Gasteiger partial charge < -0.3 is 15.6 Å². The molecule has 4 heteroatoms. The first-order valence-electron chi connectivity index (χ1n) is 2.27. The normalized spacial score (nSPS) is 18.0. The van der Waals surface area contributed by atoms with Crippen LogP contribution in [0.5, 0.6) is 0 Å². The highest BCUT2D eigenvalue weighted by Crippen LogP contribution is 2.06. The van der Waals surface area contributed by atoms with E-state index in [9.17, 15) is 0 Å². The molecule has 0 aromatic carbocycles. The van der Waals surface area contributed by atoms with Crippen molar-refractivity contribution in [3.05, 3.63) is 0 Å². The number of nitrogens with two attached hydrogens (primary N) is 1. The molecule has 50 valence electrons. The van der Waals surface area contributed by atoms with Gasteiger partial charge in [-0.3, -0.25) is 0 Å². The number of aliphatic hydroxyl groups excluding tert-OH is 1. The smallest absolute Gasteiger partial charge is 0.112 e. The van der Waals surface area contributed by atoms with Crippen molar-refractivity contribution in [1.29, 1.82) is 0 Å². The van der Waals surface area contributed by atoms with E-state index in [0.717, 1.165) is 0 Å². The predicted octanol–water partition coefficient (Wildman–Crippen LogP) is 0.0611. The molecule has 0 aromatic heterocycles. The first-order chi connectivity index (χ1) is 3.66. The molecular formula is C4H10INO2. The quantitative estimate of drug-likeness (QED) is 0.410. The van der Waals surface area contributed by atoms with E-state index in [-0.39, 0.29) is 4.11 Å². The van der Waals surface area contributed by atoms with Gasteiger partial charge >= 0.3 is 0 Å². The summed E-state index contributed by atoms with van der Waals surface area (Å²) in [6, 6.07) is 0. The van der Waals surface area contributed by atoms with Crippen LogP contribution in [-0.4, -0.2) is 22.6 Å². The number of halogens is 1. The minimum absolute atomic E-state index is 0.0209. The van der Waals surface area contributed by atoms with Crippen LogP contribution in [0.4, 0.5) is 0 Å².